The van der Waals surface area contributed by atoms with Crippen molar-refractivity contribution < 1.29 is 9.47 Å². The average Bonchev–Trinajstić information content (AvgIpc) is 2.78. The molecule has 0 fully saturated rings. The molecule has 0 amide bonds. The minimum absolute atomic E-state index is 0.203. The fourth-order valence-corrected chi connectivity index (χ4v) is 3.84. The quantitative estimate of drug-likeness (QED) is 0.398. The second kappa shape index (κ2) is 8.71. The molecule has 6 heteroatoms. The van der Waals surface area contributed by atoms with Gasteiger partial charge in [-0.05, 0) is 58.2 Å². The van der Waals surface area contributed by atoms with Crippen molar-refractivity contribution in [1.82, 2.24) is 9.55 Å². The van der Waals surface area contributed by atoms with Crippen LogP contribution in [0.15, 0.2) is 76.1 Å². The number of pyridine rings is 2. The Hall–Kier alpha value is -3.12. The number of nitrogens with zero attached hydrogens (tertiary/aromatic N) is 2. The molecule has 0 aliphatic rings. The van der Waals surface area contributed by atoms with Crippen molar-refractivity contribution in [2.75, 3.05) is 7.11 Å². The van der Waals surface area contributed by atoms with E-state index >= 15 is 0 Å². The first-order valence-corrected chi connectivity index (χ1v) is 10.3. The van der Waals surface area contributed by atoms with E-state index in [1.54, 1.807) is 17.9 Å². The maximum atomic E-state index is 13.4. The molecule has 0 atom stereocenters. The summed E-state index contributed by atoms with van der Waals surface area (Å²) in [4.78, 5) is 17.8. The molecule has 2 heterocycles. The van der Waals surface area contributed by atoms with E-state index < -0.39 is 0 Å². The summed E-state index contributed by atoms with van der Waals surface area (Å²) < 4.78 is 13.5. The number of ether oxygens (including phenoxy) is 2. The summed E-state index contributed by atoms with van der Waals surface area (Å²) in [5.41, 5.74) is 4.38. The van der Waals surface area contributed by atoms with E-state index in [1.165, 1.54) is 5.56 Å². The first-order valence-electron chi connectivity index (χ1n) is 9.55. The van der Waals surface area contributed by atoms with Gasteiger partial charge in [-0.15, -0.1) is 0 Å². The molecule has 0 N–H and O–H groups in total. The number of methoxy groups -OCH3 is 1. The topological polar surface area (TPSA) is 53.4 Å². The summed E-state index contributed by atoms with van der Waals surface area (Å²) in [6.45, 7) is 2.74. The van der Waals surface area contributed by atoms with Crippen molar-refractivity contribution in [2.24, 2.45) is 0 Å². The van der Waals surface area contributed by atoms with Crippen LogP contribution in [0.3, 0.4) is 0 Å². The summed E-state index contributed by atoms with van der Waals surface area (Å²) in [6.07, 6.45) is 1.71. The summed E-state index contributed by atoms with van der Waals surface area (Å²) in [5.74, 6) is 1.03. The molecule has 0 saturated carbocycles. The van der Waals surface area contributed by atoms with Gasteiger partial charge in [0.05, 0.1) is 23.6 Å². The second-order valence-electron chi connectivity index (χ2n) is 7.03. The monoisotopic (exact) mass is 464 g/mol. The van der Waals surface area contributed by atoms with Gasteiger partial charge in [-0.2, -0.15) is 0 Å². The van der Waals surface area contributed by atoms with Gasteiger partial charge in [-0.25, -0.2) is 0 Å². The number of hydrogen-bond donors (Lipinski definition) is 0. The van der Waals surface area contributed by atoms with Gasteiger partial charge in [-0.1, -0.05) is 42.0 Å². The Morgan fingerprint density at radius 3 is 2.40 bits per heavy atom. The minimum Gasteiger partial charge on any atom is -0.497 e. The highest BCUT2D eigenvalue weighted by Gasteiger charge is 2.18. The van der Waals surface area contributed by atoms with E-state index in [4.69, 9.17) is 9.47 Å². The van der Waals surface area contributed by atoms with Gasteiger partial charge in [0.1, 0.15) is 17.9 Å². The number of rotatable bonds is 6. The lowest BCUT2D eigenvalue weighted by molar-refractivity contribution is 0.298. The highest BCUT2D eigenvalue weighted by Crippen LogP contribution is 2.29. The van der Waals surface area contributed by atoms with E-state index in [0.29, 0.717) is 23.1 Å². The predicted octanol–water partition coefficient (Wildman–Crippen LogP) is 5.10. The van der Waals surface area contributed by atoms with Crippen molar-refractivity contribution >= 4 is 27.0 Å². The van der Waals surface area contributed by atoms with Crippen molar-refractivity contribution in [3.63, 3.8) is 0 Å². The number of aromatic nitrogens is 2. The van der Waals surface area contributed by atoms with Crippen molar-refractivity contribution in [3.05, 3.63) is 98.4 Å². The third kappa shape index (κ3) is 4.09. The number of halogens is 1. The third-order valence-corrected chi connectivity index (χ3v) is 5.66. The van der Waals surface area contributed by atoms with E-state index in [0.717, 1.165) is 22.4 Å². The number of fused-ring (bicyclic) bond motifs is 1. The normalized spacial score (nSPS) is 10.9. The fourth-order valence-electron chi connectivity index (χ4n) is 3.25. The Bertz CT molecular complexity index is 1230. The molecular formula is C24H21BrN2O3. The SMILES string of the molecule is COc1ccc(Cn2c(=O)c(OCc3ccc(C)cc3)c(Br)c3ncccc32)cc1. The van der Waals surface area contributed by atoms with Gasteiger partial charge >= 0.3 is 0 Å². The molecule has 4 rings (SSSR count). The molecule has 0 spiro atoms. The molecule has 0 unspecified atom stereocenters. The Kier molecular flexibility index (Phi) is 5.86. The van der Waals surface area contributed by atoms with E-state index in [1.807, 2.05) is 67.6 Å². The van der Waals surface area contributed by atoms with E-state index in [9.17, 15) is 4.79 Å². The van der Waals surface area contributed by atoms with Crippen LogP contribution in [-0.4, -0.2) is 16.7 Å². The zero-order chi connectivity index (χ0) is 21.1. The van der Waals surface area contributed by atoms with Gasteiger partial charge < -0.3 is 9.47 Å². The standard InChI is InChI=1S/C24H21BrN2O3/c1-16-5-7-18(8-6-16)15-30-23-21(25)22-20(4-3-13-26-22)27(24(23)28)14-17-9-11-19(29-2)12-10-17/h3-13H,14-15H2,1-2H3. The molecule has 4 aromatic rings. The zero-order valence-electron chi connectivity index (χ0n) is 16.8. The maximum absolute atomic E-state index is 13.4. The van der Waals surface area contributed by atoms with Gasteiger partial charge in [0.25, 0.3) is 5.56 Å². The van der Waals surface area contributed by atoms with Crippen LogP contribution in [0.4, 0.5) is 0 Å². The molecular weight excluding hydrogens is 444 g/mol. The first-order chi connectivity index (χ1) is 14.6. The number of benzene rings is 2. The summed E-state index contributed by atoms with van der Waals surface area (Å²) in [7, 11) is 1.63. The molecule has 2 aromatic heterocycles. The van der Waals surface area contributed by atoms with Gasteiger partial charge in [-0.3, -0.25) is 14.3 Å². The van der Waals surface area contributed by atoms with Crippen LogP contribution in [0.2, 0.25) is 0 Å². The lowest BCUT2D eigenvalue weighted by atomic mass is 10.2. The molecule has 0 saturated heterocycles. The Morgan fingerprint density at radius 2 is 1.70 bits per heavy atom. The van der Waals surface area contributed by atoms with Crippen molar-refractivity contribution in [1.29, 1.82) is 0 Å². The lowest BCUT2D eigenvalue weighted by Crippen LogP contribution is -2.24. The second-order valence-corrected chi connectivity index (χ2v) is 7.82. The highest BCUT2D eigenvalue weighted by molar-refractivity contribution is 9.10. The molecule has 0 bridgehead atoms. The first kappa shape index (κ1) is 20.2. The van der Waals surface area contributed by atoms with Crippen LogP contribution >= 0.6 is 15.9 Å². The number of aryl methyl sites for hydroxylation is 1. The zero-order valence-corrected chi connectivity index (χ0v) is 18.3. The summed E-state index contributed by atoms with van der Waals surface area (Å²) in [6, 6.07) is 19.4. The van der Waals surface area contributed by atoms with Crippen LogP contribution in [0, 0.1) is 6.92 Å². The summed E-state index contributed by atoms with van der Waals surface area (Å²) in [5, 5.41) is 0. The van der Waals surface area contributed by atoms with E-state index in [-0.39, 0.29) is 11.3 Å². The minimum atomic E-state index is -0.203. The molecule has 0 aliphatic heterocycles. The van der Waals surface area contributed by atoms with Gasteiger partial charge in [0, 0.05) is 6.20 Å². The highest BCUT2D eigenvalue weighted by atomic mass is 79.9. The lowest BCUT2D eigenvalue weighted by Gasteiger charge is -2.15. The van der Waals surface area contributed by atoms with Crippen LogP contribution in [0.25, 0.3) is 11.0 Å². The Labute approximate surface area is 183 Å². The summed E-state index contributed by atoms with van der Waals surface area (Å²) >= 11 is 3.54. The van der Waals surface area contributed by atoms with Crippen LogP contribution in [-0.2, 0) is 13.2 Å². The molecule has 0 radical (unpaired) electrons. The third-order valence-electron chi connectivity index (χ3n) is 4.93. The fraction of sp³-hybridized carbons (Fsp3) is 0.167. The van der Waals surface area contributed by atoms with Crippen molar-refractivity contribution in [3.8, 4) is 11.5 Å². The Morgan fingerprint density at radius 1 is 1.00 bits per heavy atom. The Balaban J connectivity index is 1.74. The van der Waals surface area contributed by atoms with Gasteiger partial charge in [0.15, 0.2) is 0 Å². The molecule has 5 nitrogen and oxygen atoms in total. The maximum Gasteiger partial charge on any atom is 0.295 e. The molecule has 2 aromatic carbocycles. The van der Waals surface area contributed by atoms with Crippen LogP contribution in [0.5, 0.6) is 11.5 Å². The predicted molar refractivity (Wildman–Crippen MR) is 121 cm³/mol. The van der Waals surface area contributed by atoms with Crippen LogP contribution in [0.1, 0.15) is 16.7 Å². The largest absolute Gasteiger partial charge is 0.497 e. The van der Waals surface area contributed by atoms with E-state index in [2.05, 4.69) is 20.9 Å². The molecule has 152 valence electrons. The van der Waals surface area contributed by atoms with Crippen molar-refractivity contribution in [2.45, 2.75) is 20.1 Å². The van der Waals surface area contributed by atoms with Gasteiger partial charge in [0.2, 0.25) is 5.75 Å². The number of hydrogen-bond acceptors (Lipinski definition) is 4. The molecule has 30 heavy (non-hydrogen) atoms. The van der Waals surface area contributed by atoms with Crippen LogP contribution < -0.4 is 15.0 Å². The average molecular weight is 465 g/mol. The molecule has 0 aliphatic carbocycles. The smallest absolute Gasteiger partial charge is 0.295 e.